The number of fused-ring (bicyclic) bond motifs is 2. The van der Waals surface area contributed by atoms with Crippen molar-refractivity contribution < 1.29 is 9.84 Å². The average molecular weight is 280 g/mol. The minimum absolute atomic E-state index is 0.0515. The largest absolute Gasteiger partial charge is 0.396 e. The van der Waals surface area contributed by atoms with Crippen LogP contribution in [0.5, 0.6) is 0 Å². The molecule has 1 heterocycles. The first-order chi connectivity index (χ1) is 9.56. The maximum absolute atomic E-state index is 9.94. The molecule has 2 nitrogen and oxygen atoms in total. The maximum Gasteiger partial charge on any atom is 0.0643 e. The minimum Gasteiger partial charge on any atom is -0.396 e. The molecule has 1 fully saturated rings. The lowest BCUT2D eigenvalue weighted by molar-refractivity contribution is -0.164. The lowest BCUT2D eigenvalue weighted by Gasteiger charge is -2.55. The molecule has 2 aliphatic rings. The number of aliphatic hydroxyl groups is 1. The van der Waals surface area contributed by atoms with Crippen molar-refractivity contribution in [1.82, 2.24) is 0 Å². The zero-order valence-corrected chi connectivity index (χ0v) is 13.7. The standard InChI is InChI=1S/C18H32O2/c1-5-6-7-8-9-16-17-13(2)10-14(3)18(11-19,12-20-16)15(17)4/h10,14-17,19H,5-9,11-12H2,1-4H3/t14-,15-,16-,17-,18-/m0/s1. The summed E-state index contributed by atoms with van der Waals surface area (Å²) < 4.78 is 6.23. The Labute approximate surface area is 124 Å². The van der Waals surface area contributed by atoms with Crippen LogP contribution in [0, 0.1) is 23.2 Å². The Bertz CT molecular complexity index is 349. The van der Waals surface area contributed by atoms with Gasteiger partial charge in [0.2, 0.25) is 0 Å². The van der Waals surface area contributed by atoms with Gasteiger partial charge in [-0.1, -0.05) is 58.1 Å². The van der Waals surface area contributed by atoms with Crippen LogP contribution in [0.2, 0.25) is 0 Å². The van der Waals surface area contributed by atoms with E-state index in [1.165, 1.54) is 37.7 Å². The monoisotopic (exact) mass is 280 g/mol. The van der Waals surface area contributed by atoms with Gasteiger partial charge >= 0.3 is 0 Å². The molecule has 0 unspecified atom stereocenters. The summed E-state index contributed by atoms with van der Waals surface area (Å²) in [5.41, 5.74) is 1.43. The predicted molar refractivity (Wildman–Crippen MR) is 83.6 cm³/mol. The number of allylic oxidation sites excluding steroid dienone is 1. The summed E-state index contributed by atoms with van der Waals surface area (Å²) in [5.74, 6) is 1.45. The van der Waals surface area contributed by atoms with Crippen LogP contribution in [0.1, 0.15) is 59.8 Å². The molecule has 2 rings (SSSR count). The van der Waals surface area contributed by atoms with Crippen LogP contribution >= 0.6 is 0 Å². The topological polar surface area (TPSA) is 29.5 Å². The van der Waals surface area contributed by atoms with Gasteiger partial charge in [-0.3, -0.25) is 0 Å². The van der Waals surface area contributed by atoms with Gasteiger partial charge in [-0.2, -0.15) is 0 Å². The number of aliphatic hydroxyl groups excluding tert-OH is 1. The Hall–Kier alpha value is -0.340. The fraction of sp³-hybridized carbons (Fsp3) is 0.889. The number of rotatable bonds is 6. The molecule has 2 heteroatoms. The second-order valence-electron chi connectivity index (χ2n) is 7.10. The van der Waals surface area contributed by atoms with Crippen molar-refractivity contribution in [3.63, 3.8) is 0 Å². The summed E-state index contributed by atoms with van der Waals surface area (Å²) >= 11 is 0. The first kappa shape index (κ1) is 16.0. The van der Waals surface area contributed by atoms with E-state index < -0.39 is 0 Å². The van der Waals surface area contributed by atoms with Crippen LogP contribution in [0.15, 0.2) is 11.6 Å². The quantitative estimate of drug-likeness (QED) is 0.584. The second-order valence-corrected chi connectivity index (χ2v) is 7.10. The fourth-order valence-corrected chi connectivity index (χ4v) is 4.45. The minimum atomic E-state index is -0.0515. The van der Waals surface area contributed by atoms with E-state index in [4.69, 9.17) is 4.74 Å². The third-order valence-electron chi connectivity index (χ3n) is 5.99. The first-order valence-electron chi connectivity index (χ1n) is 8.47. The van der Waals surface area contributed by atoms with E-state index in [1.54, 1.807) is 0 Å². The van der Waals surface area contributed by atoms with Gasteiger partial charge < -0.3 is 9.84 Å². The Morgan fingerprint density at radius 2 is 2.05 bits per heavy atom. The summed E-state index contributed by atoms with van der Waals surface area (Å²) in [6, 6.07) is 0. The second kappa shape index (κ2) is 6.62. The molecule has 0 spiro atoms. The molecular weight excluding hydrogens is 248 g/mol. The van der Waals surface area contributed by atoms with E-state index in [1.807, 2.05) is 0 Å². The third-order valence-corrected chi connectivity index (χ3v) is 5.99. The van der Waals surface area contributed by atoms with Crippen molar-refractivity contribution in [3.8, 4) is 0 Å². The number of ether oxygens (including phenoxy) is 1. The molecule has 0 aromatic rings. The molecule has 0 aromatic heterocycles. The van der Waals surface area contributed by atoms with Gasteiger partial charge in [0.05, 0.1) is 19.3 Å². The summed E-state index contributed by atoms with van der Waals surface area (Å²) in [4.78, 5) is 0. The van der Waals surface area contributed by atoms with Crippen LogP contribution < -0.4 is 0 Å². The molecule has 5 atom stereocenters. The molecule has 0 aromatic carbocycles. The summed E-state index contributed by atoms with van der Waals surface area (Å²) in [5, 5.41) is 9.94. The van der Waals surface area contributed by atoms with Crippen LogP contribution in [0.4, 0.5) is 0 Å². The Morgan fingerprint density at radius 3 is 2.70 bits per heavy atom. The van der Waals surface area contributed by atoms with Crippen molar-refractivity contribution >= 4 is 0 Å². The summed E-state index contributed by atoms with van der Waals surface area (Å²) in [7, 11) is 0. The third kappa shape index (κ3) is 2.69. The van der Waals surface area contributed by atoms with E-state index in [0.717, 1.165) is 6.61 Å². The highest BCUT2D eigenvalue weighted by Crippen LogP contribution is 2.52. The zero-order valence-electron chi connectivity index (χ0n) is 13.7. The number of hydrogen-bond acceptors (Lipinski definition) is 2. The van der Waals surface area contributed by atoms with Gasteiger partial charge in [0.1, 0.15) is 0 Å². The highest BCUT2D eigenvalue weighted by Gasteiger charge is 2.52. The van der Waals surface area contributed by atoms with Crippen molar-refractivity contribution in [3.05, 3.63) is 11.6 Å². The smallest absolute Gasteiger partial charge is 0.0643 e. The number of hydrogen-bond donors (Lipinski definition) is 1. The van der Waals surface area contributed by atoms with E-state index in [0.29, 0.717) is 23.9 Å². The van der Waals surface area contributed by atoms with Gasteiger partial charge in [-0.15, -0.1) is 0 Å². The van der Waals surface area contributed by atoms with Crippen LogP contribution in [-0.2, 0) is 4.74 Å². The van der Waals surface area contributed by atoms with E-state index in [9.17, 15) is 5.11 Å². The Kier molecular flexibility index (Phi) is 5.30. The first-order valence-corrected chi connectivity index (χ1v) is 8.47. The molecule has 0 amide bonds. The highest BCUT2D eigenvalue weighted by molar-refractivity contribution is 5.20. The maximum atomic E-state index is 9.94. The van der Waals surface area contributed by atoms with Gasteiger partial charge in [-0.05, 0) is 25.2 Å². The lowest BCUT2D eigenvalue weighted by Crippen LogP contribution is -2.56. The number of unbranched alkanes of at least 4 members (excludes halogenated alkanes) is 3. The normalized spacial score (nSPS) is 40.5. The average Bonchev–Trinajstić information content (AvgIpc) is 2.42. The molecule has 1 aliphatic heterocycles. The molecule has 1 N–H and O–H groups in total. The lowest BCUT2D eigenvalue weighted by atomic mass is 9.56. The molecule has 20 heavy (non-hydrogen) atoms. The van der Waals surface area contributed by atoms with Crippen molar-refractivity contribution in [1.29, 1.82) is 0 Å². The Morgan fingerprint density at radius 1 is 1.30 bits per heavy atom. The summed E-state index contributed by atoms with van der Waals surface area (Å²) in [6.45, 7) is 10.0. The van der Waals surface area contributed by atoms with Gasteiger partial charge in [0, 0.05) is 11.3 Å². The van der Waals surface area contributed by atoms with E-state index >= 15 is 0 Å². The zero-order chi connectivity index (χ0) is 14.8. The molecule has 116 valence electrons. The van der Waals surface area contributed by atoms with Crippen LogP contribution in [-0.4, -0.2) is 24.4 Å². The molecule has 2 bridgehead atoms. The fourth-order valence-electron chi connectivity index (χ4n) is 4.45. The van der Waals surface area contributed by atoms with Crippen molar-refractivity contribution in [2.24, 2.45) is 23.2 Å². The van der Waals surface area contributed by atoms with E-state index in [2.05, 4.69) is 33.8 Å². The molecule has 1 saturated heterocycles. The van der Waals surface area contributed by atoms with Gasteiger partial charge in [0.25, 0.3) is 0 Å². The molecular formula is C18H32O2. The Balaban J connectivity index is 2.08. The van der Waals surface area contributed by atoms with Crippen molar-refractivity contribution in [2.45, 2.75) is 65.9 Å². The SMILES string of the molecule is CCCCCC[C@@H]1OC[C@@]2(CO)[C@@H](C)C=C(C)[C@H]1[C@@H]2C. The molecule has 1 aliphatic carbocycles. The predicted octanol–water partition coefficient (Wildman–Crippen LogP) is 4.18. The molecule has 0 radical (unpaired) electrons. The van der Waals surface area contributed by atoms with E-state index in [-0.39, 0.29) is 12.0 Å². The van der Waals surface area contributed by atoms with Crippen molar-refractivity contribution in [2.75, 3.05) is 13.2 Å². The van der Waals surface area contributed by atoms with Crippen LogP contribution in [0.25, 0.3) is 0 Å². The molecule has 0 saturated carbocycles. The highest BCUT2D eigenvalue weighted by atomic mass is 16.5. The van der Waals surface area contributed by atoms with Crippen LogP contribution in [0.3, 0.4) is 0 Å². The van der Waals surface area contributed by atoms with Gasteiger partial charge in [0.15, 0.2) is 0 Å². The summed E-state index contributed by atoms with van der Waals surface area (Å²) in [6.07, 6.45) is 9.15. The van der Waals surface area contributed by atoms with Gasteiger partial charge in [-0.25, -0.2) is 0 Å².